The molecule has 1 aliphatic carbocycles. The van der Waals surface area contributed by atoms with Gasteiger partial charge in [0.1, 0.15) is 10.8 Å². The fourth-order valence-corrected chi connectivity index (χ4v) is 6.66. The maximum atomic E-state index is 13.8. The summed E-state index contributed by atoms with van der Waals surface area (Å²) in [4.78, 5) is 17.2. The normalized spacial score (nSPS) is 17.4. The molecule has 7 heteroatoms. The molecule has 2 aromatic heterocycles. The summed E-state index contributed by atoms with van der Waals surface area (Å²) in [7, 11) is 1.60. The average Bonchev–Trinajstić information content (AvgIpc) is 3.35. The van der Waals surface area contributed by atoms with Gasteiger partial charge in [-0.1, -0.05) is 25.4 Å². The minimum atomic E-state index is -0.138. The van der Waals surface area contributed by atoms with Gasteiger partial charge in [0, 0.05) is 27.4 Å². The summed E-state index contributed by atoms with van der Waals surface area (Å²) in [6.07, 6.45) is 6.85. The third-order valence-corrected chi connectivity index (χ3v) is 8.09. The minimum Gasteiger partial charge on any atom is -0.495 e. The molecule has 0 bridgehead atoms. The molecule has 0 saturated heterocycles. The number of carbonyl (C=O) groups is 1. The maximum absolute atomic E-state index is 13.8. The molecule has 3 aromatic rings. The Balaban J connectivity index is 1.59. The van der Waals surface area contributed by atoms with Gasteiger partial charge in [-0.25, -0.2) is 4.79 Å². The minimum absolute atomic E-state index is 0.0472. The van der Waals surface area contributed by atoms with Crippen LogP contribution in [-0.4, -0.2) is 22.6 Å². The molecule has 2 amide bonds. The molecule has 5 rings (SSSR count). The van der Waals surface area contributed by atoms with Crippen molar-refractivity contribution in [3.8, 4) is 10.8 Å². The van der Waals surface area contributed by atoms with Gasteiger partial charge in [0.05, 0.1) is 25.4 Å². The van der Waals surface area contributed by atoms with Gasteiger partial charge in [0.25, 0.3) is 0 Å². The summed E-state index contributed by atoms with van der Waals surface area (Å²) < 4.78 is 7.77. The molecule has 0 fully saturated rings. The van der Waals surface area contributed by atoms with E-state index >= 15 is 0 Å². The van der Waals surface area contributed by atoms with Crippen molar-refractivity contribution < 1.29 is 9.53 Å². The summed E-state index contributed by atoms with van der Waals surface area (Å²) in [5.41, 5.74) is 4.50. The summed E-state index contributed by atoms with van der Waals surface area (Å²) in [6.45, 7) is 4.95. The van der Waals surface area contributed by atoms with Crippen molar-refractivity contribution in [1.29, 1.82) is 0 Å². The van der Waals surface area contributed by atoms with E-state index in [1.807, 2.05) is 16.2 Å². The van der Waals surface area contributed by atoms with E-state index < -0.39 is 0 Å². The lowest BCUT2D eigenvalue weighted by molar-refractivity contribution is 0.161. The van der Waals surface area contributed by atoms with Crippen LogP contribution in [0.15, 0.2) is 36.5 Å². The van der Waals surface area contributed by atoms with Crippen molar-refractivity contribution in [2.45, 2.75) is 52.1 Å². The number of anilines is 1. The fraction of sp³-hybridized carbons (Fsp3) is 0.400. The molecule has 0 spiro atoms. The first-order valence-corrected chi connectivity index (χ1v) is 12.4. The number of fused-ring (bicyclic) bond motifs is 5. The summed E-state index contributed by atoms with van der Waals surface area (Å²) >= 11 is 8.11. The number of halogens is 1. The first-order valence-electron chi connectivity index (χ1n) is 11.2. The van der Waals surface area contributed by atoms with Crippen molar-refractivity contribution in [2.75, 3.05) is 12.4 Å². The zero-order valence-electron chi connectivity index (χ0n) is 18.7. The number of rotatable bonds is 3. The Morgan fingerprint density at radius 1 is 1.22 bits per heavy atom. The third kappa shape index (κ3) is 3.59. The van der Waals surface area contributed by atoms with Crippen LogP contribution >= 0.6 is 22.9 Å². The average molecular weight is 470 g/mol. The summed E-state index contributed by atoms with van der Waals surface area (Å²) in [5.74, 6) is 0.844. The number of ether oxygens (including phenoxy) is 1. The van der Waals surface area contributed by atoms with Gasteiger partial charge in [0.15, 0.2) is 0 Å². The number of aryl methyl sites for hydroxylation is 1. The van der Waals surface area contributed by atoms with Gasteiger partial charge >= 0.3 is 6.03 Å². The molecule has 1 aromatic carbocycles. The second kappa shape index (κ2) is 8.49. The number of methoxy groups -OCH3 is 1. The van der Waals surface area contributed by atoms with E-state index in [-0.39, 0.29) is 18.0 Å². The van der Waals surface area contributed by atoms with E-state index in [9.17, 15) is 4.79 Å². The maximum Gasteiger partial charge on any atom is 0.322 e. The van der Waals surface area contributed by atoms with Crippen LogP contribution < -0.4 is 10.1 Å². The molecular weight excluding hydrogens is 442 g/mol. The van der Waals surface area contributed by atoms with Crippen molar-refractivity contribution in [3.05, 3.63) is 63.2 Å². The van der Waals surface area contributed by atoms with Gasteiger partial charge in [-0.3, -0.25) is 0 Å². The predicted octanol–water partition coefficient (Wildman–Crippen LogP) is 6.82. The molecule has 3 heterocycles. The Morgan fingerprint density at radius 3 is 2.81 bits per heavy atom. The van der Waals surface area contributed by atoms with Gasteiger partial charge in [-0.15, -0.1) is 11.3 Å². The van der Waals surface area contributed by atoms with E-state index in [1.165, 1.54) is 33.8 Å². The highest BCUT2D eigenvalue weighted by atomic mass is 35.5. The van der Waals surface area contributed by atoms with Crippen LogP contribution in [0.1, 0.15) is 54.4 Å². The van der Waals surface area contributed by atoms with Crippen LogP contribution in [0, 0.1) is 5.92 Å². The monoisotopic (exact) mass is 469 g/mol. The Morgan fingerprint density at radius 2 is 2.03 bits per heavy atom. The number of hydrogen-bond donors (Lipinski definition) is 1. The summed E-state index contributed by atoms with van der Waals surface area (Å²) in [6, 6.07) is 9.33. The highest BCUT2D eigenvalue weighted by Gasteiger charge is 2.36. The molecule has 1 atom stereocenters. The predicted molar refractivity (Wildman–Crippen MR) is 130 cm³/mol. The smallest absolute Gasteiger partial charge is 0.322 e. The van der Waals surface area contributed by atoms with E-state index in [2.05, 4.69) is 42.1 Å². The van der Waals surface area contributed by atoms with Gasteiger partial charge in [-0.05, 0) is 67.5 Å². The molecule has 5 nitrogen and oxygen atoms in total. The van der Waals surface area contributed by atoms with E-state index in [1.54, 1.807) is 25.3 Å². The molecule has 1 N–H and O–H groups in total. The third-order valence-electron chi connectivity index (χ3n) is 6.52. The number of thiophene rings is 1. The largest absolute Gasteiger partial charge is 0.495 e. The zero-order valence-corrected chi connectivity index (χ0v) is 20.2. The van der Waals surface area contributed by atoms with E-state index in [0.29, 0.717) is 23.0 Å². The fourth-order valence-electron chi connectivity index (χ4n) is 5.09. The first kappa shape index (κ1) is 21.4. The van der Waals surface area contributed by atoms with Crippen LogP contribution in [0.5, 0.6) is 5.75 Å². The molecule has 0 unspecified atom stereocenters. The van der Waals surface area contributed by atoms with Crippen LogP contribution in [0.2, 0.25) is 5.02 Å². The van der Waals surface area contributed by atoms with E-state index in [4.69, 9.17) is 16.3 Å². The van der Waals surface area contributed by atoms with Crippen LogP contribution in [0.25, 0.3) is 5.00 Å². The highest BCUT2D eigenvalue weighted by molar-refractivity contribution is 7.15. The Kier molecular flexibility index (Phi) is 5.68. The zero-order chi connectivity index (χ0) is 22.4. The molecule has 0 saturated carbocycles. The Labute approximate surface area is 197 Å². The van der Waals surface area contributed by atoms with Crippen LogP contribution in [0.4, 0.5) is 10.5 Å². The van der Waals surface area contributed by atoms with Crippen LogP contribution in [0.3, 0.4) is 0 Å². The number of aromatic nitrogens is 1. The lowest BCUT2D eigenvalue weighted by Gasteiger charge is -2.33. The lowest BCUT2D eigenvalue weighted by Crippen LogP contribution is -2.39. The number of hydrogen-bond acceptors (Lipinski definition) is 3. The topological polar surface area (TPSA) is 46.5 Å². The molecule has 2 aliphatic rings. The quantitative estimate of drug-likeness (QED) is 0.457. The van der Waals surface area contributed by atoms with Crippen molar-refractivity contribution in [3.63, 3.8) is 0 Å². The molecule has 32 heavy (non-hydrogen) atoms. The lowest BCUT2D eigenvalue weighted by atomic mass is 9.94. The first-order chi connectivity index (χ1) is 15.5. The Bertz CT molecular complexity index is 1170. The molecule has 0 radical (unpaired) electrons. The Hall–Kier alpha value is -2.44. The number of carbonyl (C=O) groups excluding carboxylic acids is 1. The number of nitrogens with zero attached hydrogens (tertiary/aromatic N) is 2. The molecule has 1 aliphatic heterocycles. The second-order valence-electron chi connectivity index (χ2n) is 8.89. The van der Waals surface area contributed by atoms with Gasteiger partial charge < -0.3 is 19.5 Å². The number of benzene rings is 1. The van der Waals surface area contributed by atoms with Crippen molar-refractivity contribution >= 4 is 34.7 Å². The number of urea groups is 1. The van der Waals surface area contributed by atoms with Gasteiger partial charge in [0.2, 0.25) is 0 Å². The standard InChI is InChI=1S/C25H28ClN3O2S/c1-15(2)23-20-8-6-12-28(20)24-18(17-7-4-5-9-22(17)32-24)14-29(23)25(30)27-19-13-16(26)10-11-21(19)31-3/h6,8,10-13,15,23H,4-5,7,9,14H2,1-3H3,(H,27,30)/t23-/m1/s1. The molecule has 168 valence electrons. The highest BCUT2D eigenvalue weighted by Crippen LogP contribution is 2.44. The van der Waals surface area contributed by atoms with Gasteiger partial charge in [-0.2, -0.15) is 0 Å². The van der Waals surface area contributed by atoms with Crippen molar-refractivity contribution in [1.82, 2.24) is 9.47 Å². The van der Waals surface area contributed by atoms with Crippen LogP contribution in [-0.2, 0) is 19.4 Å². The molecular formula is C25H28ClN3O2S. The van der Waals surface area contributed by atoms with E-state index in [0.717, 1.165) is 18.5 Å². The van der Waals surface area contributed by atoms with Crippen molar-refractivity contribution in [2.24, 2.45) is 5.92 Å². The number of amides is 2. The number of nitrogens with one attached hydrogen (secondary N) is 1. The SMILES string of the molecule is COc1ccc(Cl)cc1NC(=O)N1Cc2c(sc3c2CCCC3)-n2cccc2[C@H]1C(C)C. The second-order valence-corrected chi connectivity index (χ2v) is 10.4. The summed E-state index contributed by atoms with van der Waals surface area (Å²) in [5, 5.41) is 4.91.